The van der Waals surface area contributed by atoms with Crippen LogP contribution in [0.15, 0.2) is 30.3 Å². The monoisotopic (exact) mass is 276 g/mol. The average Bonchev–Trinajstić information content (AvgIpc) is 2.98. The summed E-state index contributed by atoms with van der Waals surface area (Å²) in [5.74, 6) is 0.0842. The lowest BCUT2D eigenvalue weighted by molar-refractivity contribution is 0.0695. The minimum absolute atomic E-state index is 0.0224. The molecule has 0 aliphatic heterocycles. The van der Waals surface area contributed by atoms with Crippen molar-refractivity contribution in [3.05, 3.63) is 41.2 Å². The molecule has 0 radical (unpaired) electrons. The molecule has 0 saturated carbocycles. The van der Waals surface area contributed by atoms with Gasteiger partial charge in [-0.1, -0.05) is 29.5 Å². The Morgan fingerprint density at radius 2 is 2.11 bits per heavy atom. The molecule has 0 aliphatic carbocycles. The van der Waals surface area contributed by atoms with Crippen LogP contribution in [0.5, 0.6) is 5.75 Å². The number of hydrogen-bond acceptors (Lipinski definition) is 6. The standard InChI is InChI=1S/C11H8N4O3S/c16-10(17)9-14-15-8(12-13-11(15)19-9)6-18-7-4-2-1-3-5-7/h1-5H,6H2,(H,16,17). The normalized spacial score (nSPS) is 10.7. The Kier molecular flexibility index (Phi) is 2.84. The molecule has 0 aliphatic rings. The lowest BCUT2D eigenvalue weighted by Gasteiger charge is -2.02. The van der Waals surface area contributed by atoms with Crippen molar-refractivity contribution < 1.29 is 14.6 Å². The number of aromatic nitrogens is 4. The van der Waals surface area contributed by atoms with E-state index < -0.39 is 5.97 Å². The van der Waals surface area contributed by atoms with Crippen LogP contribution in [0.2, 0.25) is 0 Å². The van der Waals surface area contributed by atoms with E-state index in [1.165, 1.54) is 4.52 Å². The number of fused-ring (bicyclic) bond motifs is 1. The van der Waals surface area contributed by atoms with Gasteiger partial charge in [0.15, 0.2) is 5.82 Å². The molecule has 0 spiro atoms. The summed E-state index contributed by atoms with van der Waals surface area (Å²) < 4.78 is 6.91. The van der Waals surface area contributed by atoms with Crippen molar-refractivity contribution in [1.82, 2.24) is 19.8 Å². The highest BCUT2D eigenvalue weighted by molar-refractivity contribution is 7.18. The fourth-order valence-corrected chi connectivity index (χ4v) is 2.20. The van der Waals surface area contributed by atoms with Gasteiger partial charge in [-0.05, 0) is 12.1 Å². The molecule has 2 aromatic heterocycles. The molecule has 0 unspecified atom stereocenters. The predicted octanol–water partition coefficient (Wildman–Crippen LogP) is 1.46. The highest BCUT2D eigenvalue weighted by atomic mass is 32.1. The SMILES string of the molecule is O=C(O)c1nn2c(COc3ccccc3)nnc2s1. The van der Waals surface area contributed by atoms with Gasteiger partial charge in [-0.3, -0.25) is 0 Å². The van der Waals surface area contributed by atoms with E-state index in [1.807, 2.05) is 30.3 Å². The van der Waals surface area contributed by atoms with Crippen LogP contribution < -0.4 is 4.74 Å². The smallest absolute Gasteiger partial charge is 0.367 e. The van der Waals surface area contributed by atoms with Crippen LogP contribution in [0.1, 0.15) is 15.6 Å². The molecule has 1 aromatic carbocycles. The summed E-state index contributed by atoms with van der Waals surface area (Å²) >= 11 is 0.971. The first-order valence-electron chi connectivity index (χ1n) is 5.36. The van der Waals surface area contributed by atoms with Gasteiger partial charge in [-0.25, -0.2) is 4.79 Å². The molecular weight excluding hydrogens is 268 g/mol. The molecule has 0 fully saturated rings. The summed E-state index contributed by atoms with van der Waals surface area (Å²) in [6.45, 7) is 0.175. The van der Waals surface area contributed by atoms with E-state index in [-0.39, 0.29) is 11.6 Å². The second-order valence-electron chi connectivity index (χ2n) is 3.62. The second kappa shape index (κ2) is 4.65. The molecule has 1 N–H and O–H groups in total. The summed E-state index contributed by atoms with van der Waals surface area (Å²) in [4.78, 5) is 11.2. The van der Waals surface area contributed by atoms with E-state index >= 15 is 0 Å². The maximum atomic E-state index is 10.8. The highest BCUT2D eigenvalue weighted by Gasteiger charge is 2.15. The number of ether oxygens (including phenoxy) is 1. The van der Waals surface area contributed by atoms with Gasteiger partial charge in [-0.15, -0.1) is 15.3 Å². The predicted molar refractivity (Wildman–Crippen MR) is 66.4 cm³/mol. The fraction of sp³-hybridized carbons (Fsp3) is 0.0909. The van der Waals surface area contributed by atoms with E-state index in [9.17, 15) is 4.79 Å². The maximum Gasteiger partial charge on any atom is 0.367 e. The Morgan fingerprint density at radius 3 is 2.84 bits per heavy atom. The van der Waals surface area contributed by atoms with E-state index in [0.717, 1.165) is 11.3 Å². The molecule has 96 valence electrons. The number of benzene rings is 1. The van der Waals surface area contributed by atoms with Gasteiger partial charge in [0.2, 0.25) is 9.97 Å². The van der Waals surface area contributed by atoms with Crippen LogP contribution in [0.4, 0.5) is 0 Å². The van der Waals surface area contributed by atoms with Crippen molar-refractivity contribution in [2.45, 2.75) is 6.61 Å². The minimum Gasteiger partial charge on any atom is -0.486 e. The van der Waals surface area contributed by atoms with E-state index in [2.05, 4.69) is 15.3 Å². The minimum atomic E-state index is -1.08. The number of nitrogens with zero attached hydrogens (tertiary/aromatic N) is 4. The van der Waals surface area contributed by atoms with Gasteiger partial charge in [0.25, 0.3) is 0 Å². The molecule has 2 heterocycles. The number of carbonyl (C=O) groups is 1. The van der Waals surface area contributed by atoms with Crippen molar-refractivity contribution in [1.29, 1.82) is 0 Å². The number of rotatable bonds is 4. The van der Waals surface area contributed by atoms with Crippen LogP contribution in [0.25, 0.3) is 4.96 Å². The average molecular weight is 276 g/mol. The number of hydrogen-bond donors (Lipinski definition) is 1. The Balaban J connectivity index is 1.83. The summed E-state index contributed by atoms with van der Waals surface area (Å²) in [6, 6.07) is 9.26. The lowest BCUT2D eigenvalue weighted by atomic mass is 10.3. The third kappa shape index (κ3) is 2.25. The van der Waals surface area contributed by atoms with Gasteiger partial charge >= 0.3 is 5.97 Å². The van der Waals surface area contributed by atoms with Crippen molar-refractivity contribution >= 4 is 22.3 Å². The quantitative estimate of drug-likeness (QED) is 0.776. The molecule has 19 heavy (non-hydrogen) atoms. The Labute approximate surface area is 111 Å². The van der Waals surface area contributed by atoms with E-state index in [1.54, 1.807) is 0 Å². The van der Waals surface area contributed by atoms with E-state index in [0.29, 0.717) is 16.5 Å². The Bertz CT molecular complexity index is 722. The zero-order valence-corrected chi connectivity index (χ0v) is 10.4. The molecule has 0 atom stereocenters. The third-order valence-corrected chi connectivity index (χ3v) is 3.24. The molecule has 0 amide bonds. The van der Waals surface area contributed by atoms with Crippen LogP contribution in [-0.2, 0) is 6.61 Å². The fourth-order valence-electron chi connectivity index (χ4n) is 1.50. The Hall–Kier alpha value is -2.48. The molecule has 8 heteroatoms. The van der Waals surface area contributed by atoms with Crippen molar-refractivity contribution in [2.75, 3.05) is 0 Å². The second-order valence-corrected chi connectivity index (χ2v) is 4.58. The molecule has 0 bridgehead atoms. The summed E-state index contributed by atoms with van der Waals surface area (Å²) in [5, 5.41) is 20.5. The molecule has 3 aromatic rings. The van der Waals surface area contributed by atoms with Gasteiger partial charge in [0.05, 0.1) is 0 Å². The molecule has 0 saturated heterocycles. The van der Waals surface area contributed by atoms with Gasteiger partial charge < -0.3 is 9.84 Å². The van der Waals surface area contributed by atoms with Crippen molar-refractivity contribution in [3.8, 4) is 5.75 Å². The van der Waals surface area contributed by atoms with Crippen LogP contribution in [0, 0.1) is 0 Å². The highest BCUT2D eigenvalue weighted by Crippen LogP contribution is 2.15. The first-order valence-corrected chi connectivity index (χ1v) is 6.18. The molecular formula is C11H8N4O3S. The topological polar surface area (TPSA) is 89.6 Å². The largest absolute Gasteiger partial charge is 0.486 e. The lowest BCUT2D eigenvalue weighted by Crippen LogP contribution is -2.04. The first-order chi connectivity index (χ1) is 9.24. The maximum absolute atomic E-state index is 10.8. The molecule has 3 rings (SSSR count). The van der Waals surface area contributed by atoms with Crippen molar-refractivity contribution in [3.63, 3.8) is 0 Å². The first kappa shape index (κ1) is 11.6. The van der Waals surface area contributed by atoms with Gasteiger partial charge in [-0.2, -0.15) is 4.52 Å². The summed E-state index contributed by atoms with van der Waals surface area (Å²) in [6.07, 6.45) is 0. The zero-order chi connectivity index (χ0) is 13.2. The Morgan fingerprint density at radius 1 is 1.32 bits per heavy atom. The van der Waals surface area contributed by atoms with E-state index in [4.69, 9.17) is 9.84 Å². The summed E-state index contributed by atoms with van der Waals surface area (Å²) in [7, 11) is 0. The van der Waals surface area contributed by atoms with Gasteiger partial charge in [0, 0.05) is 0 Å². The zero-order valence-electron chi connectivity index (χ0n) is 9.55. The summed E-state index contributed by atoms with van der Waals surface area (Å²) in [5.41, 5.74) is 0. The number of carboxylic acids is 1. The number of para-hydroxylation sites is 1. The van der Waals surface area contributed by atoms with Gasteiger partial charge in [0.1, 0.15) is 12.4 Å². The van der Waals surface area contributed by atoms with Crippen LogP contribution in [0.3, 0.4) is 0 Å². The third-order valence-electron chi connectivity index (χ3n) is 2.35. The van der Waals surface area contributed by atoms with Crippen LogP contribution in [-0.4, -0.2) is 30.9 Å². The molecule has 7 nitrogen and oxygen atoms in total. The van der Waals surface area contributed by atoms with Crippen LogP contribution >= 0.6 is 11.3 Å². The number of aromatic carboxylic acids is 1. The van der Waals surface area contributed by atoms with Crippen molar-refractivity contribution in [2.24, 2.45) is 0 Å². The number of carboxylic acid groups (broad SMARTS) is 1.